The third-order valence-corrected chi connectivity index (χ3v) is 3.94. The second-order valence-electron chi connectivity index (χ2n) is 4.53. The molecule has 1 aliphatic rings. The lowest BCUT2D eigenvalue weighted by Crippen LogP contribution is -2.34. The SMILES string of the molecule is CCC1(CCCO)CC1(C(=O)OC)C(=O)OC. The van der Waals surface area contributed by atoms with Crippen LogP contribution < -0.4 is 0 Å². The van der Waals surface area contributed by atoms with Crippen molar-refractivity contribution in [3.05, 3.63) is 0 Å². The monoisotopic (exact) mass is 244 g/mol. The first-order valence-electron chi connectivity index (χ1n) is 5.82. The zero-order chi connectivity index (χ0) is 13.1. The summed E-state index contributed by atoms with van der Waals surface area (Å²) >= 11 is 0. The van der Waals surface area contributed by atoms with Crippen molar-refractivity contribution >= 4 is 11.9 Å². The Bertz CT molecular complexity index is 296. The van der Waals surface area contributed by atoms with Crippen LogP contribution in [0.2, 0.25) is 0 Å². The van der Waals surface area contributed by atoms with Gasteiger partial charge >= 0.3 is 11.9 Å². The molecule has 0 aromatic heterocycles. The molecule has 1 aliphatic carbocycles. The molecule has 5 nitrogen and oxygen atoms in total. The maximum Gasteiger partial charge on any atom is 0.323 e. The number of ether oxygens (including phenoxy) is 2. The van der Waals surface area contributed by atoms with E-state index in [1.165, 1.54) is 14.2 Å². The molecule has 1 atom stereocenters. The molecule has 0 aliphatic heterocycles. The van der Waals surface area contributed by atoms with Gasteiger partial charge in [-0.3, -0.25) is 9.59 Å². The molecule has 1 saturated carbocycles. The van der Waals surface area contributed by atoms with E-state index in [1.54, 1.807) is 0 Å². The van der Waals surface area contributed by atoms with Crippen molar-refractivity contribution in [1.29, 1.82) is 0 Å². The van der Waals surface area contributed by atoms with Crippen LogP contribution in [-0.2, 0) is 19.1 Å². The Morgan fingerprint density at radius 3 is 2.12 bits per heavy atom. The van der Waals surface area contributed by atoms with Crippen LogP contribution in [-0.4, -0.2) is 37.9 Å². The molecule has 1 fully saturated rings. The molecule has 5 heteroatoms. The van der Waals surface area contributed by atoms with Crippen molar-refractivity contribution in [2.24, 2.45) is 10.8 Å². The lowest BCUT2D eigenvalue weighted by atomic mass is 9.86. The number of esters is 2. The third-order valence-electron chi connectivity index (χ3n) is 3.94. The Hall–Kier alpha value is -1.10. The number of aliphatic hydroxyl groups excluding tert-OH is 1. The molecule has 0 heterocycles. The largest absolute Gasteiger partial charge is 0.468 e. The number of hydrogen-bond donors (Lipinski definition) is 1. The van der Waals surface area contributed by atoms with Gasteiger partial charge in [0.15, 0.2) is 5.41 Å². The molecule has 98 valence electrons. The minimum absolute atomic E-state index is 0.0557. The highest BCUT2D eigenvalue weighted by molar-refractivity contribution is 6.04. The van der Waals surface area contributed by atoms with E-state index in [-0.39, 0.29) is 6.61 Å². The minimum Gasteiger partial charge on any atom is -0.468 e. The van der Waals surface area contributed by atoms with Gasteiger partial charge in [-0.05, 0) is 31.1 Å². The van der Waals surface area contributed by atoms with E-state index in [0.717, 1.165) is 0 Å². The van der Waals surface area contributed by atoms with E-state index in [0.29, 0.717) is 25.7 Å². The molecule has 17 heavy (non-hydrogen) atoms. The lowest BCUT2D eigenvalue weighted by Gasteiger charge is -2.20. The van der Waals surface area contributed by atoms with Crippen LogP contribution in [0.4, 0.5) is 0 Å². The highest BCUT2D eigenvalue weighted by Gasteiger charge is 2.76. The second-order valence-corrected chi connectivity index (χ2v) is 4.53. The number of aliphatic hydroxyl groups is 1. The van der Waals surface area contributed by atoms with Crippen molar-refractivity contribution in [2.45, 2.75) is 32.6 Å². The molecule has 0 spiro atoms. The van der Waals surface area contributed by atoms with Gasteiger partial charge in [0, 0.05) is 6.61 Å². The van der Waals surface area contributed by atoms with Crippen LogP contribution in [0.15, 0.2) is 0 Å². The Kier molecular flexibility index (Phi) is 4.14. The predicted molar refractivity (Wildman–Crippen MR) is 60.1 cm³/mol. The average molecular weight is 244 g/mol. The molecule has 1 unspecified atom stereocenters. The fourth-order valence-corrected chi connectivity index (χ4v) is 2.80. The van der Waals surface area contributed by atoms with Crippen LogP contribution in [0.3, 0.4) is 0 Å². The van der Waals surface area contributed by atoms with E-state index in [2.05, 4.69) is 0 Å². The van der Waals surface area contributed by atoms with Crippen LogP contribution in [0.5, 0.6) is 0 Å². The van der Waals surface area contributed by atoms with Gasteiger partial charge in [-0.15, -0.1) is 0 Å². The maximum absolute atomic E-state index is 11.8. The number of hydrogen-bond acceptors (Lipinski definition) is 5. The van der Waals surface area contributed by atoms with Crippen LogP contribution >= 0.6 is 0 Å². The maximum atomic E-state index is 11.8. The third kappa shape index (κ3) is 1.92. The summed E-state index contributed by atoms with van der Waals surface area (Å²) in [4.78, 5) is 23.7. The summed E-state index contributed by atoms with van der Waals surface area (Å²) in [5.41, 5.74) is -1.56. The molecule has 0 amide bonds. The minimum atomic E-state index is -1.15. The molecule has 0 saturated heterocycles. The molecule has 1 N–H and O–H groups in total. The van der Waals surface area contributed by atoms with E-state index >= 15 is 0 Å². The highest BCUT2D eigenvalue weighted by Crippen LogP contribution is 2.69. The molecule has 0 radical (unpaired) electrons. The Labute approximate surface area is 101 Å². The van der Waals surface area contributed by atoms with E-state index in [4.69, 9.17) is 14.6 Å². The standard InChI is InChI=1S/C12H20O5/c1-4-11(6-5-7-13)8-12(11,9(14)16-2)10(15)17-3/h13H,4-8H2,1-3H3. The summed E-state index contributed by atoms with van der Waals surface area (Å²) in [6.45, 7) is 1.99. The average Bonchev–Trinajstić information content (AvgIpc) is 3.05. The van der Waals surface area contributed by atoms with Crippen LogP contribution in [0.1, 0.15) is 32.6 Å². The van der Waals surface area contributed by atoms with Crippen LogP contribution in [0, 0.1) is 10.8 Å². The van der Waals surface area contributed by atoms with Gasteiger partial charge in [-0.2, -0.15) is 0 Å². The van der Waals surface area contributed by atoms with Gasteiger partial charge in [-0.1, -0.05) is 6.92 Å². The molecule has 0 aromatic carbocycles. The number of carbonyl (C=O) groups excluding carboxylic acids is 2. The van der Waals surface area contributed by atoms with Gasteiger partial charge in [-0.25, -0.2) is 0 Å². The molecule has 0 aromatic rings. The first-order valence-corrected chi connectivity index (χ1v) is 5.82. The highest BCUT2D eigenvalue weighted by atomic mass is 16.5. The fraction of sp³-hybridized carbons (Fsp3) is 0.833. The van der Waals surface area contributed by atoms with Crippen molar-refractivity contribution < 1.29 is 24.2 Å². The normalized spacial score (nSPS) is 25.2. The molecular formula is C12H20O5. The molecule has 0 bridgehead atoms. The summed E-state index contributed by atoms with van der Waals surface area (Å²) < 4.78 is 9.47. The second kappa shape index (κ2) is 5.04. The summed E-state index contributed by atoms with van der Waals surface area (Å²) in [5, 5.41) is 8.88. The molecule has 1 rings (SSSR count). The Morgan fingerprint density at radius 2 is 1.76 bits per heavy atom. The topological polar surface area (TPSA) is 72.8 Å². The van der Waals surface area contributed by atoms with Crippen molar-refractivity contribution in [3.8, 4) is 0 Å². The van der Waals surface area contributed by atoms with E-state index < -0.39 is 22.8 Å². The molecular weight excluding hydrogens is 224 g/mol. The number of methoxy groups -OCH3 is 2. The van der Waals surface area contributed by atoms with Crippen molar-refractivity contribution in [1.82, 2.24) is 0 Å². The van der Waals surface area contributed by atoms with Gasteiger partial charge in [0.2, 0.25) is 0 Å². The quantitative estimate of drug-likeness (QED) is 0.555. The Balaban J connectivity index is 2.96. The number of carbonyl (C=O) groups is 2. The zero-order valence-corrected chi connectivity index (χ0v) is 10.6. The van der Waals surface area contributed by atoms with Gasteiger partial charge in [0.25, 0.3) is 0 Å². The summed E-state index contributed by atoms with van der Waals surface area (Å²) in [7, 11) is 2.55. The first-order chi connectivity index (χ1) is 8.04. The van der Waals surface area contributed by atoms with Gasteiger partial charge < -0.3 is 14.6 Å². The summed E-state index contributed by atoms with van der Waals surface area (Å²) in [6, 6.07) is 0. The summed E-state index contributed by atoms with van der Waals surface area (Å²) in [5.74, 6) is -1.05. The van der Waals surface area contributed by atoms with E-state index in [9.17, 15) is 9.59 Å². The Morgan fingerprint density at radius 1 is 1.24 bits per heavy atom. The zero-order valence-electron chi connectivity index (χ0n) is 10.6. The number of rotatable bonds is 6. The smallest absolute Gasteiger partial charge is 0.323 e. The first kappa shape index (κ1) is 14.0. The van der Waals surface area contributed by atoms with Gasteiger partial charge in [0.05, 0.1) is 14.2 Å². The fourth-order valence-electron chi connectivity index (χ4n) is 2.80. The van der Waals surface area contributed by atoms with Crippen molar-refractivity contribution in [2.75, 3.05) is 20.8 Å². The lowest BCUT2D eigenvalue weighted by molar-refractivity contribution is -0.163. The van der Waals surface area contributed by atoms with Crippen LogP contribution in [0.25, 0.3) is 0 Å². The summed E-state index contributed by atoms with van der Waals surface area (Å²) in [6.07, 6.45) is 2.35. The predicted octanol–water partition coefficient (Wildman–Crippen LogP) is 0.891. The van der Waals surface area contributed by atoms with Gasteiger partial charge in [0.1, 0.15) is 0 Å². The van der Waals surface area contributed by atoms with Crippen molar-refractivity contribution in [3.63, 3.8) is 0 Å². The van der Waals surface area contributed by atoms with E-state index in [1.807, 2.05) is 6.92 Å².